The van der Waals surface area contributed by atoms with Crippen LogP contribution < -0.4 is 9.46 Å². The van der Waals surface area contributed by atoms with E-state index < -0.39 is 10.0 Å². The Labute approximate surface area is 136 Å². The summed E-state index contributed by atoms with van der Waals surface area (Å²) in [5, 5.41) is 0. The third-order valence-corrected chi connectivity index (χ3v) is 3.68. The average molecular weight is 333 g/mol. The number of hydrogen-bond acceptors (Lipinski definition) is 4. The molecule has 0 unspecified atom stereocenters. The molecule has 0 saturated carbocycles. The normalized spacial score (nSPS) is 11.0. The van der Waals surface area contributed by atoms with Crippen molar-refractivity contribution in [3.05, 3.63) is 60.2 Å². The summed E-state index contributed by atoms with van der Waals surface area (Å²) in [6.07, 6.45) is 2.95. The second-order valence-electron chi connectivity index (χ2n) is 5.21. The Bertz CT molecular complexity index is 740. The molecule has 0 aliphatic heterocycles. The molecule has 0 atom stereocenters. The summed E-state index contributed by atoms with van der Waals surface area (Å²) in [6.45, 7) is 0. The van der Waals surface area contributed by atoms with Gasteiger partial charge in [-0.1, -0.05) is 30.3 Å². The molecule has 0 aromatic heterocycles. The molecule has 0 saturated heterocycles. The number of carbonyl (C=O) groups is 1. The van der Waals surface area contributed by atoms with E-state index in [-0.39, 0.29) is 5.97 Å². The monoisotopic (exact) mass is 333 g/mol. The fourth-order valence-electron chi connectivity index (χ4n) is 2.07. The Morgan fingerprint density at radius 1 is 1.04 bits per heavy atom. The number of hydrogen-bond donors (Lipinski definition) is 1. The van der Waals surface area contributed by atoms with Crippen molar-refractivity contribution >= 4 is 21.7 Å². The maximum Gasteiger partial charge on any atom is 0.311 e. The highest BCUT2D eigenvalue weighted by atomic mass is 32.2. The maximum atomic E-state index is 11.8. The van der Waals surface area contributed by atoms with Crippen LogP contribution in [0.5, 0.6) is 5.75 Å². The van der Waals surface area contributed by atoms with Crippen molar-refractivity contribution in [2.45, 2.75) is 19.3 Å². The van der Waals surface area contributed by atoms with E-state index in [9.17, 15) is 13.2 Å². The fourth-order valence-corrected chi connectivity index (χ4v) is 2.63. The lowest BCUT2D eigenvalue weighted by Crippen LogP contribution is -2.10. The van der Waals surface area contributed by atoms with Gasteiger partial charge in [0.15, 0.2) is 0 Å². The summed E-state index contributed by atoms with van der Waals surface area (Å²) in [6, 6.07) is 16.2. The van der Waals surface area contributed by atoms with Crippen LogP contribution in [0.25, 0.3) is 0 Å². The Hall–Kier alpha value is -2.34. The van der Waals surface area contributed by atoms with E-state index in [4.69, 9.17) is 4.74 Å². The molecule has 23 heavy (non-hydrogen) atoms. The standard InChI is InChI=1S/C17H19NO4S/c1-23(20,21)18-15-10-12-16(13-11-15)22-17(19)9-5-8-14-6-3-2-4-7-14/h2-4,6-7,10-13,18H,5,8-9H2,1H3. The molecule has 2 rings (SSSR count). The zero-order valence-electron chi connectivity index (χ0n) is 12.9. The summed E-state index contributed by atoms with van der Waals surface area (Å²) in [4.78, 5) is 11.8. The number of carbonyl (C=O) groups excluding carboxylic acids is 1. The third-order valence-electron chi connectivity index (χ3n) is 3.08. The van der Waals surface area contributed by atoms with Gasteiger partial charge in [-0.05, 0) is 42.7 Å². The lowest BCUT2D eigenvalue weighted by Gasteiger charge is -2.07. The first-order valence-electron chi connectivity index (χ1n) is 7.25. The predicted octanol–water partition coefficient (Wildman–Crippen LogP) is 2.99. The second-order valence-corrected chi connectivity index (χ2v) is 6.96. The molecule has 0 spiro atoms. The predicted molar refractivity (Wildman–Crippen MR) is 89.9 cm³/mol. The van der Waals surface area contributed by atoms with Gasteiger partial charge in [0.2, 0.25) is 10.0 Å². The van der Waals surface area contributed by atoms with Crippen LogP contribution >= 0.6 is 0 Å². The largest absolute Gasteiger partial charge is 0.427 e. The van der Waals surface area contributed by atoms with Gasteiger partial charge in [-0.2, -0.15) is 0 Å². The molecule has 2 aromatic carbocycles. The molecule has 0 fully saturated rings. The molecule has 0 heterocycles. The van der Waals surface area contributed by atoms with E-state index in [1.165, 1.54) is 5.56 Å². The maximum absolute atomic E-state index is 11.8. The first-order valence-corrected chi connectivity index (χ1v) is 9.14. The smallest absolute Gasteiger partial charge is 0.311 e. The van der Waals surface area contributed by atoms with Gasteiger partial charge < -0.3 is 4.74 Å². The Balaban J connectivity index is 1.79. The van der Waals surface area contributed by atoms with Crippen LogP contribution in [0.3, 0.4) is 0 Å². The molecule has 2 aromatic rings. The minimum Gasteiger partial charge on any atom is -0.427 e. The van der Waals surface area contributed by atoms with Crippen LogP contribution in [0.1, 0.15) is 18.4 Å². The molecular formula is C17H19NO4S. The molecular weight excluding hydrogens is 314 g/mol. The average Bonchev–Trinajstić information content (AvgIpc) is 2.49. The highest BCUT2D eigenvalue weighted by Crippen LogP contribution is 2.17. The third kappa shape index (κ3) is 6.52. The highest BCUT2D eigenvalue weighted by Gasteiger charge is 2.06. The fraction of sp³-hybridized carbons (Fsp3) is 0.235. The minimum absolute atomic E-state index is 0.301. The topological polar surface area (TPSA) is 72.5 Å². The number of rotatable bonds is 7. The van der Waals surface area contributed by atoms with Crippen molar-refractivity contribution in [3.8, 4) is 5.75 Å². The zero-order valence-corrected chi connectivity index (χ0v) is 13.7. The molecule has 6 heteroatoms. The quantitative estimate of drug-likeness (QED) is 0.624. The molecule has 0 radical (unpaired) electrons. The van der Waals surface area contributed by atoms with Gasteiger partial charge >= 0.3 is 5.97 Å². The SMILES string of the molecule is CS(=O)(=O)Nc1ccc(OC(=O)CCCc2ccccc2)cc1. The number of esters is 1. The Morgan fingerprint density at radius 2 is 1.70 bits per heavy atom. The van der Waals surface area contributed by atoms with Gasteiger partial charge in [-0.25, -0.2) is 8.42 Å². The van der Waals surface area contributed by atoms with Gasteiger partial charge in [-0.3, -0.25) is 9.52 Å². The van der Waals surface area contributed by atoms with E-state index >= 15 is 0 Å². The summed E-state index contributed by atoms with van der Waals surface area (Å²) in [7, 11) is -3.31. The van der Waals surface area contributed by atoms with Crippen LogP contribution in [0.2, 0.25) is 0 Å². The first kappa shape index (κ1) is 17.0. The Morgan fingerprint density at radius 3 is 2.30 bits per heavy atom. The summed E-state index contributed by atoms with van der Waals surface area (Å²) >= 11 is 0. The van der Waals surface area contributed by atoms with Crippen molar-refractivity contribution in [2.75, 3.05) is 11.0 Å². The van der Waals surface area contributed by atoms with E-state index in [1.54, 1.807) is 24.3 Å². The zero-order chi connectivity index (χ0) is 16.7. The van der Waals surface area contributed by atoms with Crippen molar-refractivity contribution < 1.29 is 17.9 Å². The summed E-state index contributed by atoms with van der Waals surface area (Å²) in [5.74, 6) is 0.0958. The van der Waals surface area contributed by atoms with Crippen LogP contribution in [0.4, 0.5) is 5.69 Å². The number of sulfonamides is 1. The number of ether oxygens (including phenoxy) is 1. The minimum atomic E-state index is -3.31. The van der Waals surface area contributed by atoms with E-state index in [1.807, 2.05) is 30.3 Å². The summed E-state index contributed by atoms with van der Waals surface area (Å²) in [5.41, 5.74) is 1.62. The molecule has 122 valence electrons. The van der Waals surface area contributed by atoms with Gasteiger partial charge in [0.25, 0.3) is 0 Å². The number of aryl methyl sites for hydroxylation is 1. The molecule has 5 nitrogen and oxygen atoms in total. The lowest BCUT2D eigenvalue weighted by atomic mass is 10.1. The van der Waals surface area contributed by atoms with Crippen molar-refractivity contribution in [1.29, 1.82) is 0 Å². The van der Waals surface area contributed by atoms with Crippen LogP contribution in [-0.2, 0) is 21.2 Å². The molecule has 0 amide bonds. The highest BCUT2D eigenvalue weighted by molar-refractivity contribution is 7.92. The van der Waals surface area contributed by atoms with Crippen molar-refractivity contribution in [3.63, 3.8) is 0 Å². The van der Waals surface area contributed by atoms with Crippen molar-refractivity contribution in [2.24, 2.45) is 0 Å². The van der Waals surface area contributed by atoms with E-state index in [2.05, 4.69) is 4.72 Å². The van der Waals surface area contributed by atoms with Crippen LogP contribution in [0.15, 0.2) is 54.6 Å². The van der Waals surface area contributed by atoms with Gasteiger partial charge in [-0.15, -0.1) is 0 Å². The summed E-state index contributed by atoms with van der Waals surface area (Å²) < 4.78 is 29.8. The van der Waals surface area contributed by atoms with E-state index in [0.717, 1.165) is 19.1 Å². The number of anilines is 1. The molecule has 1 N–H and O–H groups in total. The first-order chi connectivity index (χ1) is 10.9. The second kappa shape index (κ2) is 7.78. The molecule has 0 aliphatic carbocycles. The molecule has 0 bridgehead atoms. The molecule has 0 aliphatic rings. The van der Waals surface area contributed by atoms with Gasteiger partial charge in [0.05, 0.1) is 6.26 Å². The van der Waals surface area contributed by atoms with E-state index in [0.29, 0.717) is 17.9 Å². The van der Waals surface area contributed by atoms with Gasteiger partial charge in [0, 0.05) is 12.1 Å². The Kier molecular flexibility index (Phi) is 5.76. The lowest BCUT2D eigenvalue weighted by molar-refractivity contribution is -0.134. The van der Waals surface area contributed by atoms with Crippen molar-refractivity contribution in [1.82, 2.24) is 0 Å². The number of benzene rings is 2. The van der Waals surface area contributed by atoms with Crippen LogP contribution in [-0.4, -0.2) is 20.6 Å². The van der Waals surface area contributed by atoms with Gasteiger partial charge in [0.1, 0.15) is 5.75 Å². The number of nitrogens with one attached hydrogen (secondary N) is 1. The van der Waals surface area contributed by atoms with Crippen LogP contribution in [0, 0.1) is 0 Å².